The quantitative estimate of drug-likeness (QED) is 0.854. The lowest BCUT2D eigenvalue weighted by Crippen LogP contribution is -2.31. The van der Waals surface area contributed by atoms with Crippen molar-refractivity contribution in [1.29, 1.82) is 0 Å². The van der Waals surface area contributed by atoms with Gasteiger partial charge < -0.3 is 11.1 Å². The Morgan fingerprint density at radius 1 is 1.33 bits per heavy atom. The summed E-state index contributed by atoms with van der Waals surface area (Å²) in [6.45, 7) is 4.14. The summed E-state index contributed by atoms with van der Waals surface area (Å²) in [4.78, 5) is 12.1. The van der Waals surface area contributed by atoms with Gasteiger partial charge in [0.05, 0.1) is 5.75 Å². The van der Waals surface area contributed by atoms with Gasteiger partial charge in [-0.15, -0.1) is 22.0 Å². The van der Waals surface area contributed by atoms with E-state index in [2.05, 4.69) is 29.4 Å². The van der Waals surface area contributed by atoms with E-state index in [1.165, 1.54) is 11.3 Å². The fourth-order valence-corrected chi connectivity index (χ4v) is 3.00. The third kappa shape index (κ3) is 4.71. The predicted molar refractivity (Wildman–Crippen MR) is 88.3 cm³/mol. The Bertz CT molecular complexity index is 586. The molecule has 21 heavy (non-hydrogen) atoms. The van der Waals surface area contributed by atoms with E-state index in [1.54, 1.807) is 11.8 Å². The van der Waals surface area contributed by atoms with Crippen LogP contribution in [-0.4, -0.2) is 27.1 Å². The van der Waals surface area contributed by atoms with E-state index < -0.39 is 0 Å². The average Bonchev–Trinajstić information content (AvgIpc) is 2.90. The van der Waals surface area contributed by atoms with Crippen molar-refractivity contribution >= 4 is 34.1 Å². The lowest BCUT2D eigenvalue weighted by atomic mass is 10.1. The number of anilines is 1. The fraction of sp³-hybridized carbons (Fsp3) is 0.357. The van der Waals surface area contributed by atoms with Gasteiger partial charge in [-0.05, 0) is 10.8 Å². The van der Waals surface area contributed by atoms with Crippen LogP contribution in [0.3, 0.4) is 0 Å². The molecule has 0 saturated heterocycles. The minimum atomic E-state index is -0.304. The summed E-state index contributed by atoms with van der Waals surface area (Å²) in [6, 6.07) is 9.41. The zero-order valence-corrected chi connectivity index (χ0v) is 13.6. The second kappa shape index (κ2) is 7.42. The highest BCUT2D eigenvalue weighted by atomic mass is 32.2. The van der Waals surface area contributed by atoms with Crippen molar-refractivity contribution in [3.05, 3.63) is 40.9 Å². The van der Waals surface area contributed by atoms with E-state index in [0.717, 1.165) is 5.56 Å². The highest BCUT2D eigenvalue weighted by molar-refractivity contribution is 8.00. The summed E-state index contributed by atoms with van der Waals surface area (Å²) in [5.74, 6) is 0.409. The minimum absolute atomic E-state index is 0.0173. The monoisotopic (exact) mass is 322 g/mol. The topological polar surface area (TPSA) is 80.9 Å². The van der Waals surface area contributed by atoms with Gasteiger partial charge in [-0.2, -0.15) is 0 Å². The number of aromatic nitrogens is 2. The van der Waals surface area contributed by atoms with Crippen LogP contribution in [0.4, 0.5) is 5.13 Å². The molecular weight excluding hydrogens is 304 g/mol. The molecule has 0 spiro atoms. The molecule has 0 aliphatic rings. The third-order valence-electron chi connectivity index (χ3n) is 2.69. The van der Waals surface area contributed by atoms with E-state index in [1.807, 2.05) is 30.3 Å². The summed E-state index contributed by atoms with van der Waals surface area (Å²) < 4.78 is 0. The Morgan fingerprint density at radius 2 is 2.05 bits per heavy atom. The van der Waals surface area contributed by atoms with Crippen molar-refractivity contribution in [2.45, 2.75) is 25.1 Å². The van der Waals surface area contributed by atoms with Gasteiger partial charge in [0.1, 0.15) is 11.0 Å². The lowest BCUT2D eigenvalue weighted by molar-refractivity contribution is -0.119. The first-order chi connectivity index (χ1) is 10.1. The lowest BCUT2D eigenvalue weighted by Gasteiger charge is -2.16. The molecular formula is C14H18N4OS2. The number of nitrogens with two attached hydrogens (primary N) is 1. The Morgan fingerprint density at radius 3 is 2.62 bits per heavy atom. The molecule has 5 nitrogen and oxygen atoms in total. The van der Waals surface area contributed by atoms with Gasteiger partial charge in [0.15, 0.2) is 0 Å². The van der Waals surface area contributed by atoms with Gasteiger partial charge in [-0.25, -0.2) is 0 Å². The number of hydrogen-bond acceptors (Lipinski definition) is 6. The molecule has 0 bridgehead atoms. The molecule has 112 valence electrons. The Kier molecular flexibility index (Phi) is 5.58. The maximum Gasteiger partial charge on any atom is 0.230 e. The summed E-state index contributed by atoms with van der Waals surface area (Å²) >= 11 is 2.90. The van der Waals surface area contributed by atoms with Crippen LogP contribution in [-0.2, 0) is 4.79 Å². The van der Waals surface area contributed by atoms with Crippen LogP contribution in [0.1, 0.15) is 30.5 Å². The maximum atomic E-state index is 12.1. The van der Waals surface area contributed by atoms with E-state index in [9.17, 15) is 4.79 Å². The average molecular weight is 322 g/mol. The highest BCUT2D eigenvalue weighted by Gasteiger charge is 2.20. The molecule has 0 aliphatic heterocycles. The summed E-state index contributed by atoms with van der Waals surface area (Å²) in [7, 11) is 0. The smallest absolute Gasteiger partial charge is 0.230 e. The molecule has 0 radical (unpaired) electrons. The fourth-order valence-electron chi connectivity index (χ4n) is 1.74. The second-order valence-corrected chi connectivity index (χ2v) is 7.36. The highest BCUT2D eigenvalue weighted by Crippen LogP contribution is 2.26. The van der Waals surface area contributed by atoms with Gasteiger partial charge in [0.25, 0.3) is 0 Å². The second-order valence-electron chi connectivity index (χ2n) is 4.75. The molecule has 1 heterocycles. The molecule has 1 amide bonds. The molecule has 1 aromatic carbocycles. The Hall–Kier alpha value is -1.60. The molecule has 1 atom stereocenters. The largest absolute Gasteiger partial charge is 0.374 e. The van der Waals surface area contributed by atoms with Crippen LogP contribution in [0.5, 0.6) is 0 Å². The third-order valence-corrected chi connectivity index (χ3v) is 4.60. The number of thioether (sulfide) groups is 1. The number of rotatable bonds is 6. The van der Waals surface area contributed by atoms with Crippen molar-refractivity contribution in [2.24, 2.45) is 0 Å². The summed E-state index contributed by atoms with van der Waals surface area (Å²) in [5, 5.41) is 12.4. The van der Waals surface area contributed by atoms with Crippen molar-refractivity contribution < 1.29 is 4.79 Å². The number of amides is 1. The van der Waals surface area contributed by atoms with Crippen LogP contribution in [0.25, 0.3) is 0 Å². The van der Waals surface area contributed by atoms with E-state index in [4.69, 9.17) is 5.73 Å². The van der Waals surface area contributed by atoms with Crippen LogP contribution >= 0.6 is 23.1 Å². The normalized spacial score (nSPS) is 12.3. The summed E-state index contributed by atoms with van der Waals surface area (Å²) in [5.41, 5.74) is 6.62. The standard InChI is InChI=1S/C14H18N4OS2/c1-9(2)20-8-11(19)16-12(10-6-4-3-5-7-10)13-17-18-14(15)21-13/h3-7,9,12H,8H2,1-2H3,(H2,15,18)(H,16,19)/t12-/m1/s1. The minimum Gasteiger partial charge on any atom is -0.374 e. The van der Waals surface area contributed by atoms with E-state index in [-0.39, 0.29) is 11.9 Å². The Labute approximate surface area is 132 Å². The van der Waals surface area contributed by atoms with Crippen LogP contribution < -0.4 is 11.1 Å². The van der Waals surface area contributed by atoms with Crippen molar-refractivity contribution in [3.8, 4) is 0 Å². The number of carbonyl (C=O) groups is 1. The summed E-state index contributed by atoms with van der Waals surface area (Å²) in [6.07, 6.45) is 0. The van der Waals surface area contributed by atoms with Crippen LogP contribution in [0.15, 0.2) is 30.3 Å². The number of nitrogens with zero attached hydrogens (tertiary/aromatic N) is 2. The van der Waals surface area contributed by atoms with Gasteiger partial charge >= 0.3 is 0 Å². The zero-order chi connectivity index (χ0) is 15.2. The first kappa shape index (κ1) is 15.8. The predicted octanol–water partition coefficient (Wildman–Crippen LogP) is 2.47. The number of carbonyl (C=O) groups excluding carboxylic acids is 1. The zero-order valence-electron chi connectivity index (χ0n) is 11.9. The molecule has 7 heteroatoms. The number of nitrogen functional groups attached to an aromatic ring is 1. The van der Waals surface area contributed by atoms with Crippen LogP contribution in [0, 0.1) is 0 Å². The Balaban J connectivity index is 2.15. The van der Waals surface area contributed by atoms with Gasteiger partial charge in [-0.1, -0.05) is 55.5 Å². The SMILES string of the molecule is CC(C)SCC(=O)N[C@H](c1ccccc1)c1nnc(N)s1. The van der Waals surface area contributed by atoms with Gasteiger partial charge in [0, 0.05) is 0 Å². The van der Waals surface area contributed by atoms with Gasteiger partial charge in [-0.3, -0.25) is 4.79 Å². The van der Waals surface area contributed by atoms with Gasteiger partial charge in [0.2, 0.25) is 11.0 Å². The first-order valence-electron chi connectivity index (χ1n) is 6.61. The van der Waals surface area contributed by atoms with E-state index >= 15 is 0 Å². The van der Waals surface area contributed by atoms with Crippen molar-refractivity contribution in [2.75, 3.05) is 11.5 Å². The molecule has 2 rings (SSSR count). The molecule has 1 aromatic heterocycles. The van der Waals surface area contributed by atoms with Crippen LogP contribution in [0.2, 0.25) is 0 Å². The molecule has 2 aromatic rings. The molecule has 0 saturated carbocycles. The molecule has 0 aliphatic carbocycles. The maximum absolute atomic E-state index is 12.1. The number of benzene rings is 1. The molecule has 0 unspecified atom stereocenters. The molecule has 3 N–H and O–H groups in total. The number of hydrogen-bond donors (Lipinski definition) is 2. The first-order valence-corrected chi connectivity index (χ1v) is 8.47. The number of nitrogens with one attached hydrogen (secondary N) is 1. The molecule has 0 fully saturated rings. The van der Waals surface area contributed by atoms with E-state index in [0.29, 0.717) is 21.1 Å². The van der Waals surface area contributed by atoms with Crippen molar-refractivity contribution in [1.82, 2.24) is 15.5 Å². The van der Waals surface area contributed by atoms with Crippen molar-refractivity contribution in [3.63, 3.8) is 0 Å².